The number of phenolic OH excluding ortho intramolecular Hbond substituents is 1. The van der Waals surface area contributed by atoms with Crippen molar-refractivity contribution in [2.75, 3.05) is 13.2 Å². The minimum Gasteiger partial charge on any atom is -0.508 e. The molecular weight excluding hydrogens is 258 g/mol. The first kappa shape index (κ1) is 15.8. The van der Waals surface area contributed by atoms with Crippen LogP contribution in [-0.4, -0.2) is 30.2 Å². The molecule has 0 amide bonds. The highest BCUT2D eigenvalue weighted by atomic mass is 16.5. The molecule has 1 atom stereocenters. The van der Waals surface area contributed by atoms with Gasteiger partial charge in [0.2, 0.25) is 0 Å². The third kappa shape index (κ3) is 5.17. The smallest absolute Gasteiger partial charge is 0.315 e. The lowest BCUT2D eigenvalue weighted by atomic mass is 9.99. The maximum Gasteiger partial charge on any atom is 0.315 e. The first-order chi connectivity index (χ1) is 9.54. The topological polar surface area (TPSA) is 108 Å². The average Bonchev–Trinajstić information content (AvgIpc) is 2.41. The van der Waals surface area contributed by atoms with E-state index in [2.05, 4.69) is 5.32 Å². The van der Waals surface area contributed by atoms with Gasteiger partial charge in [-0.25, -0.2) is 0 Å². The zero-order valence-electron chi connectivity index (χ0n) is 11.6. The summed E-state index contributed by atoms with van der Waals surface area (Å²) >= 11 is 0. The van der Waals surface area contributed by atoms with E-state index in [4.69, 9.17) is 15.9 Å². The van der Waals surface area contributed by atoms with Gasteiger partial charge >= 0.3 is 5.97 Å². The summed E-state index contributed by atoms with van der Waals surface area (Å²) < 4.78 is 5.21. The maximum atomic E-state index is 12.1. The number of rotatable bonds is 7. The maximum absolute atomic E-state index is 12.1. The largest absolute Gasteiger partial charge is 0.508 e. The molecule has 0 aliphatic heterocycles. The second-order valence-electron chi connectivity index (χ2n) is 4.46. The molecule has 20 heavy (non-hydrogen) atoms. The van der Waals surface area contributed by atoms with E-state index in [1.54, 1.807) is 12.1 Å². The Balaban J connectivity index is 2.75. The highest BCUT2D eigenvalue weighted by Crippen LogP contribution is 2.20. The zero-order valence-corrected chi connectivity index (χ0v) is 11.6. The molecular formula is C14H21N3O3. The first-order valence-electron chi connectivity index (χ1n) is 6.58. The standard InChI is InChI=1S/C14H21N3O3/c1-2-3-8-20-13(19)12(9-17-14(15)16)10-4-6-11(18)7-5-10/h4-7,12,18H,2-3,8-9H2,1H3,(H4,15,16,17). The number of nitrogens with two attached hydrogens (primary N) is 1. The number of hydrogen-bond donors (Lipinski definition) is 4. The van der Waals surface area contributed by atoms with Gasteiger partial charge in [0.15, 0.2) is 5.96 Å². The third-order valence-electron chi connectivity index (χ3n) is 2.82. The Morgan fingerprint density at radius 1 is 1.45 bits per heavy atom. The van der Waals surface area contributed by atoms with Crippen molar-refractivity contribution in [3.05, 3.63) is 29.8 Å². The molecule has 0 spiro atoms. The van der Waals surface area contributed by atoms with Crippen molar-refractivity contribution >= 4 is 11.9 Å². The fourth-order valence-corrected chi connectivity index (χ4v) is 1.67. The van der Waals surface area contributed by atoms with Gasteiger partial charge < -0.3 is 20.9 Å². The van der Waals surface area contributed by atoms with Crippen LogP contribution in [-0.2, 0) is 9.53 Å². The Bertz CT molecular complexity index is 445. The Hall–Kier alpha value is -2.24. The number of carbonyl (C=O) groups excluding carboxylic acids is 1. The molecule has 0 fully saturated rings. The SMILES string of the molecule is CCCCOC(=O)C(CNC(=N)N)c1ccc(O)cc1. The van der Waals surface area contributed by atoms with Crippen molar-refractivity contribution < 1.29 is 14.6 Å². The summed E-state index contributed by atoms with van der Waals surface area (Å²) in [5, 5.41) is 19.1. The number of unbranched alkanes of at least 4 members (excludes halogenated alkanes) is 1. The molecule has 6 nitrogen and oxygen atoms in total. The van der Waals surface area contributed by atoms with E-state index in [1.807, 2.05) is 6.92 Å². The summed E-state index contributed by atoms with van der Waals surface area (Å²) in [6.45, 7) is 2.58. The second-order valence-corrected chi connectivity index (χ2v) is 4.46. The lowest BCUT2D eigenvalue weighted by Gasteiger charge is -2.17. The van der Waals surface area contributed by atoms with Crippen LogP contribution >= 0.6 is 0 Å². The van der Waals surface area contributed by atoms with Gasteiger partial charge in [0.05, 0.1) is 12.5 Å². The normalized spacial score (nSPS) is 11.7. The van der Waals surface area contributed by atoms with Gasteiger partial charge in [-0.05, 0) is 24.1 Å². The molecule has 0 aliphatic carbocycles. The fraction of sp³-hybridized carbons (Fsp3) is 0.429. The predicted molar refractivity (Wildman–Crippen MR) is 76.6 cm³/mol. The van der Waals surface area contributed by atoms with Crippen LogP contribution in [0.15, 0.2) is 24.3 Å². The summed E-state index contributed by atoms with van der Waals surface area (Å²) in [5.74, 6) is -0.990. The van der Waals surface area contributed by atoms with Crippen molar-refractivity contribution in [1.29, 1.82) is 5.41 Å². The summed E-state index contributed by atoms with van der Waals surface area (Å²) in [5.41, 5.74) is 5.95. The summed E-state index contributed by atoms with van der Waals surface area (Å²) in [6.07, 6.45) is 1.76. The Kier molecular flexibility index (Phi) is 6.36. The Labute approximate surface area is 118 Å². The molecule has 0 saturated heterocycles. The van der Waals surface area contributed by atoms with Crippen LogP contribution in [0.25, 0.3) is 0 Å². The summed E-state index contributed by atoms with van der Waals surface area (Å²) in [7, 11) is 0. The molecule has 1 aromatic rings. The van der Waals surface area contributed by atoms with E-state index >= 15 is 0 Å². The van der Waals surface area contributed by atoms with E-state index in [0.717, 1.165) is 12.8 Å². The van der Waals surface area contributed by atoms with Crippen molar-refractivity contribution in [3.63, 3.8) is 0 Å². The number of aromatic hydroxyl groups is 1. The predicted octanol–water partition coefficient (Wildman–Crippen LogP) is 1.30. The van der Waals surface area contributed by atoms with Crippen LogP contribution < -0.4 is 11.1 Å². The first-order valence-corrected chi connectivity index (χ1v) is 6.58. The van der Waals surface area contributed by atoms with Gasteiger partial charge in [-0.15, -0.1) is 0 Å². The lowest BCUT2D eigenvalue weighted by molar-refractivity contribution is -0.145. The van der Waals surface area contributed by atoms with Crippen LogP contribution in [0.5, 0.6) is 5.75 Å². The van der Waals surface area contributed by atoms with Gasteiger partial charge in [-0.2, -0.15) is 0 Å². The number of benzene rings is 1. The third-order valence-corrected chi connectivity index (χ3v) is 2.82. The van der Waals surface area contributed by atoms with Gasteiger partial charge in [-0.1, -0.05) is 25.5 Å². The Morgan fingerprint density at radius 3 is 2.65 bits per heavy atom. The molecule has 0 bridgehead atoms. The molecule has 110 valence electrons. The Morgan fingerprint density at radius 2 is 2.10 bits per heavy atom. The van der Waals surface area contributed by atoms with E-state index in [-0.39, 0.29) is 24.2 Å². The molecule has 0 heterocycles. The number of hydrogen-bond acceptors (Lipinski definition) is 4. The lowest BCUT2D eigenvalue weighted by Crippen LogP contribution is -2.36. The van der Waals surface area contributed by atoms with Gasteiger partial charge in [-0.3, -0.25) is 10.2 Å². The molecule has 1 unspecified atom stereocenters. The molecule has 1 aromatic carbocycles. The number of nitrogens with one attached hydrogen (secondary N) is 2. The molecule has 1 rings (SSSR count). The highest BCUT2D eigenvalue weighted by molar-refractivity contribution is 5.80. The van der Waals surface area contributed by atoms with Gasteiger partial charge in [0.25, 0.3) is 0 Å². The molecule has 0 aromatic heterocycles. The van der Waals surface area contributed by atoms with Crippen LogP contribution in [0.4, 0.5) is 0 Å². The molecule has 0 radical (unpaired) electrons. The number of guanidine groups is 1. The fourth-order valence-electron chi connectivity index (χ4n) is 1.67. The summed E-state index contributed by atoms with van der Waals surface area (Å²) in [6, 6.07) is 6.33. The number of esters is 1. The minimum absolute atomic E-state index is 0.131. The number of ether oxygens (including phenoxy) is 1. The minimum atomic E-state index is -0.559. The summed E-state index contributed by atoms with van der Waals surface area (Å²) in [4.78, 5) is 12.1. The van der Waals surface area contributed by atoms with Crippen molar-refractivity contribution in [3.8, 4) is 5.75 Å². The molecule has 0 saturated carbocycles. The second kappa shape index (κ2) is 8.04. The van der Waals surface area contributed by atoms with E-state index in [9.17, 15) is 9.90 Å². The van der Waals surface area contributed by atoms with Crippen molar-refractivity contribution in [1.82, 2.24) is 5.32 Å². The molecule has 6 heteroatoms. The quantitative estimate of drug-likeness (QED) is 0.260. The van der Waals surface area contributed by atoms with Crippen LogP contribution in [0, 0.1) is 5.41 Å². The average molecular weight is 279 g/mol. The highest BCUT2D eigenvalue weighted by Gasteiger charge is 2.22. The van der Waals surface area contributed by atoms with Crippen molar-refractivity contribution in [2.24, 2.45) is 5.73 Å². The van der Waals surface area contributed by atoms with Gasteiger partial charge in [0, 0.05) is 6.54 Å². The number of carbonyl (C=O) groups is 1. The zero-order chi connectivity index (χ0) is 15.0. The van der Waals surface area contributed by atoms with Gasteiger partial charge in [0.1, 0.15) is 5.75 Å². The number of phenols is 1. The van der Waals surface area contributed by atoms with E-state index in [0.29, 0.717) is 12.2 Å². The van der Waals surface area contributed by atoms with Crippen LogP contribution in [0.2, 0.25) is 0 Å². The van der Waals surface area contributed by atoms with Crippen molar-refractivity contribution in [2.45, 2.75) is 25.7 Å². The van der Waals surface area contributed by atoms with E-state index < -0.39 is 5.92 Å². The molecule has 5 N–H and O–H groups in total. The van der Waals surface area contributed by atoms with Crippen LogP contribution in [0.1, 0.15) is 31.2 Å². The van der Waals surface area contributed by atoms with Crippen LogP contribution in [0.3, 0.4) is 0 Å². The molecule has 0 aliphatic rings. The van der Waals surface area contributed by atoms with E-state index in [1.165, 1.54) is 12.1 Å². The monoisotopic (exact) mass is 279 g/mol.